The minimum Gasteiger partial charge on any atom is -0.356 e. The molecule has 1 aliphatic heterocycles. The number of rotatable bonds is 6. The highest BCUT2D eigenvalue weighted by Gasteiger charge is 2.22. The van der Waals surface area contributed by atoms with E-state index in [1.165, 1.54) is 21.2 Å². The van der Waals surface area contributed by atoms with E-state index in [0.717, 1.165) is 23.7 Å². The SMILES string of the molecule is Cc1nc(CC(=O)NCCCN2c3ccccc3Sc3ccccc32)cs1. The Labute approximate surface area is 167 Å². The zero-order valence-electron chi connectivity index (χ0n) is 15.1. The first-order chi connectivity index (χ1) is 13.2. The number of aromatic nitrogens is 1. The van der Waals surface area contributed by atoms with Gasteiger partial charge in [0, 0.05) is 28.3 Å². The highest BCUT2D eigenvalue weighted by atomic mass is 32.2. The summed E-state index contributed by atoms with van der Waals surface area (Å²) in [7, 11) is 0. The lowest BCUT2D eigenvalue weighted by Gasteiger charge is -2.32. The zero-order chi connectivity index (χ0) is 18.6. The molecule has 2 heterocycles. The van der Waals surface area contributed by atoms with Crippen molar-refractivity contribution in [2.45, 2.75) is 29.6 Å². The molecule has 0 saturated carbocycles. The Morgan fingerprint density at radius 3 is 2.37 bits per heavy atom. The molecule has 6 heteroatoms. The van der Waals surface area contributed by atoms with Crippen molar-refractivity contribution in [2.24, 2.45) is 0 Å². The van der Waals surface area contributed by atoms with Gasteiger partial charge in [0.25, 0.3) is 0 Å². The van der Waals surface area contributed by atoms with E-state index < -0.39 is 0 Å². The molecule has 4 nitrogen and oxygen atoms in total. The largest absolute Gasteiger partial charge is 0.356 e. The number of anilines is 2. The van der Waals surface area contributed by atoms with Crippen molar-refractivity contribution in [3.8, 4) is 0 Å². The summed E-state index contributed by atoms with van der Waals surface area (Å²) in [6.45, 7) is 3.49. The second-order valence-corrected chi connectivity index (χ2v) is 8.57. The molecule has 1 N–H and O–H groups in total. The van der Waals surface area contributed by atoms with Crippen LogP contribution >= 0.6 is 23.1 Å². The normalized spacial score (nSPS) is 12.4. The van der Waals surface area contributed by atoms with Crippen LogP contribution in [-0.2, 0) is 11.2 Å². The second kappa shape index (κ2) is 8.15. The van der Waals surface area contributed by atoms with Crippen LogP contribution in [0.2, 0.25) is 0 Å². The Morgan fingerprint density at radius 1 is 1.07 bits per heavy atom. The van der Waals surface area contributed by atoms with E-state index in [2.05, 4.69) is 63.7 Å². The Balaban J connectivity index is 1.36. The molecule has 2 aromatic carbocycles. The number of benzene rings is 2. The Kier molecular flexibility index (Phi) is 5.45. The standard InChI is InChI=1S/C21H21N3OS2/c1-15-23-16(14-26-15)13-21(25)22-11-6-12-24-17-7-2-4-9-19(17)27-20-10-5-3-8-18(20)24/h2-5,7-10,14H,6,11-13H2,1H3,(H,22,25). The molecule has 27 heavy (non-hydrogen) atoms. The monoisotopic (exact) mass is 395 g/mol. The number of carbonyl (C=O) groups excluding carboxylic acids is 1. The molecule has 0 aliphatic carbocycles. The lowest BCUT2D eigenvalue weighted by molar-refractivity contribution is -0.120. The number of nitrogens with zero attached hydrogens (tertiary/aromatic N) is 2. The Hall–Kier alpha value is -2.31. The molecule has 1 aliphatic rings. The molecule has 3 aromatic rings. The first-order valence-electron chi connectivity index (χ1n) is 9.02. The van der Waals surface area contributed by atoms with Crippen LogP contribution < -0.4 is 10.2 Å². The van der Waals surface area contributed by atoms with Gasteiger partial charge in [0.2, 0.25) is 5.91 Å². The molecule has 0 saturated heterocycles. The number of thiazole rings is 1. The first-order valence-corrected chi connectivity index (χ1v) is 10.7. The summed E-state index contributed by atoms with van der Waals surface area (Å²) < 4.78 is 0. The van der Waals surface area contributed by atoms with Crippen molar-refractivity contribution >= 4 is 40.4 Å². The highest BCUT2D eigenvalue weighted by molar-refractivity contribution is 7.99. The molecule has 0 radical (unpaired) electrons. The van der Waals surface area contributed by atoms with Gasteiger partial charge in [-0.3, -0.25) is 4.79 Å². The predicted octanol–water partition coefficient (Wildman–Crippen LogP) is 4.80. The molecule has 0 fully saturated rings. The van der Waals surface area contributed by atoms with Crippen molar-refractivity contribution < 1.29 is 4.79 Å². The van der Waals surface area contributed by atoms with Crippen LogP contribution in [0.25, 0.3) is 0 Å². The molecule has 1 aromatic heterocycles. The van der Waals surface area contributed by atoms with Gasteiger partial charge in [0.1, 0.15) is 0 Å². The fourth-order valence-electron chi connectivity index (χ4n) is 3.20. The minimum absolute atomic E-state index is 0.0373. The quantitative estimate of drug-likeness (QED) is 0.609. The maximum absolute atomic E-state index is 12.1. The van der Waals surface area contributed by atoms with Gasteiger partial charge in [-0.15, -0.1) is 11.3 Å². The minimum atomic E-state index is 0.0373. The lowest BCUT2D eigenvalue weighted by Crippen LogP contribution is -2.29. The fraction of sp³-hybridized carbons (Fsp3) is 0.238. The average molecular weight is 396 g/mol. The third kappa shape index (κ3) is 4.17. The van der Waals surface area contributed by atoms with Gasteiger partial charge in [-0.25, -0.2) is 4.98 Å². The molecule has 1 amide bonds. The van der Waals surface area contributed by atoms with Crippen molar-refractivity contribution in [1.82, 2.24) is 10.3 Å². The van der Waals surface area contributed by atoms with Crippen LogP contribution in [0, 0.1) is 6.92 Å². The van der Waals surface area contributed by atoms with Crippen molar-refractivity contribution in [3.63, 3.8) is 0 Å². The van der Waals surface area contributed by atoms with Gasteiger partial charge in [0.15, 0.2) is 0 Å². The summed E-state index contributed by atoms with van der Waals surface area (Å²) in [6.07, 6.45) is 1.24. The number of fused-ring (bicyclic) bond motifs is 2. The number of carbonyl (C=O) groups is 1. The Bertz CT molecular complexity index is 908. The van der Waals surface area contributed by atoms with E-state index in [0.29, 0.717) is 13.0 Å². The number of hydrogen-bond donors (Lipinski definition) is 1. The molecule has 0 atom stereocenters. The summed E-state index contributed by atoms with van der Waals surface area (Å²) in [6, 6.07) is 17.0. The fourth-order valence-corrected chi connectivity index (χ4v) is 4.91. The van der Waals surface area contributed by atoms with Crippen molar-refractivity contribution in [2.75, 3.05) is 18.0 Å². The maximum atomic E-state index is 12.1. The van der Waals surface area contributed by atoms with E-state index in [4.69, 9.17) is 0 Å². The second-order valence-electron chi connectivity index (χ2n) is 6.43. The average Bonchev–Trinajstić information content (AvgIpc) is 3.09. The molecular weight excluding hydrogens is 374 g/mol. The maximum Gasteiger partial charge on any atom is 0.226 e. The smallest absolute Gasteiger partial charge is 0.226 e. The van der Waals surface area contributed by atoms with Crippen LogP contribution in [-0.4, -0.2) is 24.0 Å². The van der Waals surface area contributed by atoms with Gasteiger partial charge in [-0.1, -0.05) is 36.0 Å². The van der Waals surface area contributed by atoms with E-state index in [1.54, 1.807) is 11.3 Å². The summed E-state index contributed by atoms with van der Waals surface area (Å²) in [5.74, 6) is 0.0373. The number of para-hydroxylation sites is 2. The van der Waals surface area contributed by atoms with Crippen LogP contribution in [0.5, 0.6) is 0 Å². The van der Waals surface area contributed by atoms with Crippen LogP contribution in [0.15, 0.2) is 63.7 Å². The third-order valence-corrected chi connectivity index (χ3v) is 6.37. The number of aryl methyl sites for hydroxylation is 1. The first kappa shape index (κ1) is 18.1. The van der Waals surface area contributed by atoms with Gasteiger partial charge in [-0.05, 0) is 37.6 Å². The van der Waals surface area contributed by atoms with Crippen molar-refractivity contribution in [1.29, 1.82) is 0 Å². The van der Waals surface area contributed by atoms with Crippen LogP contribution in [0.3, 0.4) is 0 Å². The van der Waals surface area contributed by atoms with Crippen LogP contribution in [0.4, 0.5) is 11.4 Å². The Morgan fingerprint density at radius 2 is 1.74 bits per heavy atom. The van der Waals surface area contributed by atoms with Crippen molar-refractivity contribution in [3.05, 3.63) is 64.6 Å². The molecule has 0 bridgehead atoms. The number of hydrogen-bond acceptors (Lipinski definition) is 5. The molecule has 0 spiro atoms. The highest BCUT2D eigenvalue weighted by Crippen LogP contribution is 2.47. The summed E-state index contributed by atoms with van der Waals surface area (Å²) in [5, 5.41) is 5.97. The number of nitrogens with one attached hydrogen (secondary N) is 1. The molecule has 138 valence electrons. The van der Waals surface area contributed by atoms with Gasteiger partial charge < -0.3 is 10.2 Å². The van der Waals surface area contributed by atoms with E-state index in [1.807, 2.05) is 24.1 Å². The number of amides is 1. The molecule has 4 rings (SSSR count). The summed E-state index contributed by atoms with van der Waals surface area (Å²) in [4.78, 5) is 21.4. The van der Waals surface area contributed by atoms with Crippen LogP contribution in [0.1, 0.15) is 17.1 Å². The molecular formula is C21H21N3OS2. The van der Waals surface area contributed by atoms with Gasteiger partial charge in [-0.2, -0.15) is 0 Å². The van der Waals surface area contributed by atoms with Gasteiger partial charge in [0.05, 0.1) is 28.5 Å². The van der Waals surface area contributed by atoms with E-state index in [9.17, 15) is 4.79 Å². The van der Waals surface area contributed by atoms with Gasteiger partial charge >= 0.3 is 0 Å². The third-order valence-electron chi connectivity index (χ3n) is 4.42. The van der Waals surface area contributed by atoms with E-state index in [-0.39, 0.29) is 5.91 Å². The molecule has 0 unspecified atom stereocenters. The summed E-state index contributed by atoms with van der Waals surface area (Å²) in [5.41, 5.74) is 3.34. The predicted molar refractivity (Wildman–Crippen MR) is 112 cm³/mol. The van der Waals surface area contributed by atoms with E-state index >= 15 is 0 Å². The topological polar surface area (TPSA) is 45.2 Å². The summed E-state index contributed by atoms with van der Waals surface area (Å²) >= 11 is 3.40. The lowest BCUT2D eigenvalue weighted by atomic mass is 10.2. The zero-order valence-corrected chi connectivity index (χ0v) is 16.8.